The summed E-state index contributed by atoms with van der Waals surface area (Å²) in [5, 5.41) is 2.82. The number of carbonyl (C=O) groups is 2. The number of aromatic amines is 1. The van der Waals surface area contributed by atoms with Gasteiger partial charge < -0.3 is 15.2 Å². The molecule has 7 nitrogen and oxygen atoms in total. The van der Waals surface area contributed by atoms with Gasteiger partial charge in [0.1, 0.15) is 5.82 Å². The van der Waals surface area contributed by atoms with E-state index >= 15 is 0 Å². The quantitative estimate of drug-likeness (QED) is 0.700. The van der Waals surface area contributed by atoms with E-state index in [1.165, 1.54) is 5.56 Å². The topological polar surface area (TPSA) is 81.3 Å². The van der Waals surface area contributed by atoms with Crippen LogP contribution in [0.3, 0.4) is 0 Å². The minimum Gasteiger partial charge on any atom is -0.340 e. The Kier molecular flexibility index (Phi) is 4.46. The van der Waals surface area contributed by atoms with Gasteiger partial charge in [0, 0.05) is 30.9 Å². The SMILES string of the molecule is Cc1ccc2nc(C3CCCN3C(=O)c3ccc(N4CCNC4=O)c(C)c3)[nH]c2c1. The maximum Gasteiger partial charge on any atom is 0.322 e. The van der Waals surface area contributed by atoms with E-state index in [1.54, 1.807) is 4.90 Å². The fourth-order valence-electron chi connectivity index (χ4n) is 4.55. The van der Waals surface area contributed by atoms with Crippen molar-refractivity contribution in [3.05, 3.63) is 58.9 Å². The van der Waals surface area contributed by atoms with Gasteiger partial charge in [-0.3, -0.25) is 9.69 Å². The van der Waals surface area contributed by atoms with Gasteiger partial charge in [0.15, 0.2) is 0 Å². The summed E-state index contributed by atoms with van der Waals surface area (Å²) in [6.45, 7) is 6.01. The summed E-state index contributed by atoms with van der Waals surface area (Å²) >= 11 is 0. The van der Waals surface area contributed by atoms with Crippen LogP contribution in [0.15, 0.2) is 36.4 Å². The van der Waals surface area contributed by atoms with Crippen molar-refractivity contribution < 1.29 is 9.59 Å². The lowest BCUT2D eigenvalue weighted by atomic mass is 10.1. The molecule has 2 aliphatic rings. The minimum atomic E-state index is -0.0862. The first kappa shape index (κ1) is 18.7. The zero-order valence-electron chi connectivity index (χ0n) is 17.2. The largest absolute Gasteiger partial charge is 0.340 e. The van der Waals surface area contributed by atoms with Crippen molar-refractivity contribution in [1.82, 2.24) is 20.2 Å². The van der Waals surface area contributed by atoms with Gasteiger partial charge in [0.2, 0.25) is 0 Å². The molecule has 0 aliphatic carbocycles. The van der Waals surface area contributed by atoms with Crippen LogP contribution in [0, 0.1) is 13.8 Å². The third-order valence-corrected chi connectivity index (χ3v) is 6.08. The molecule has 2 fully saturated rings. The fraction of sp³-hybridized carbons (Fsp3) is 0.348. The van der Waals surface area contributed by atoms with Gasteiger partial charge in [0.05, 0.1) is 17.1 Å². The highest BCUT2D eigenvalue weighted by Crippen LogP contribution is 2.33. The van der Waals surface area contributed by atoms with Gasteiger partial charge >= 0.3 is 6.03 Å². The molecule has 1 aromatic heterocycles. The molecule has 2 aromatic carbocycles. The monoisotopic (exact) mass is 403 g/mol. The molecule has 3 amide bonds. The van der Waals surface area contributed by atoms with Gasteiger partial charge in [-0.2, -0.15) is 0 Å². The zero-order chi connectivity index (χ0) is 20.8. The van der Waals surface area contributed by atoms with E-state index in [0.717, 1.165) is 47.5 Å². The van der Waals surface area contributed by atoms with E-state index in [-0.39, 0.29) is 18.0 Å². The summed E-state index contributed by atoms with van der Waals surface area (Å²) in [5.41, 5.74) is 5.54. The summed E-state index contributed by atoms with van der Waals surface area (Å²) in [6.07, 6.45) is 1.85. The number of urea groups is 1. The van der Waals surface area contributed by atoms with Gasteiger partial charge in [-0.05, 0) is 68.1 Å². The number of nitrogens with one attached hydrogen (secondary N) is 2. The lowest BCUT2D eigenvalue weighted by Crippen LogP contribution is -2.31. The molecule has 0 spiro atoms. The fourth-order valence-corrected chi connectivity index (χ4v) is 4.55. The maximum atomic E-state index is 13.3. The molecule has 1 unspecified atom stereocenters. The van der Waals surface area contributed by atoms with E-state index in [4.69, 9.17) is 4.98 Å². The number of anilines is 1. The number of amides is 3. The van der Waals surface area contributed by atoms with E-state index in [2.05, 4.69) is 29.4 Å². The van der Waals surface area contributed by atoms with Crippen LogP contribution in [-0.4, -0.2) is 46.4 Å². The second kappa shape index (κ2) is 7.16. The number of aromatic nitrogens is 2. The van der Waals surface area contributed by atoms with E-state index in [9.17, 15) is 9.59 Å². The molecular weight excluding hydrogens is 378 g/mol. The number of hydrogen-bond donors (Lipinski definition) is 2. The molecule has 154 valence electrons. The molecule has 3 aromatic rings. The number of H-pyrrole nitrogens is 1. The highest BCUT2D eigenvalue weighted by atomic mass is 16.2. The van der Waals surface area contributed by atoms with Crippen molar-refractivity contribution in [3.8, 4) is 0 Å². The first-order valence-electron chi connectivity index (χ1n) is 10.4. The number of rotatable bonds is 3. The molecule has 0 saturated carbocycles. The van der Waals surface area contributed by atoms with Crippen molar-refractivity contribution in [3.63, 3.8) is 0 Å². The molecular formula is C23H25N5O2. The normalized spacial score (nSPS) is 19.0. The highest BCUT2D eigenvalue weighted by molar-refractivity contribution is 5.98. The molecule has 2 saturated heterocycles. The average molecular weight is 403 g/mol. The Morgan fingerprint density at radius 1 is 1.13 bits per heavy atom. The summed E-state index contributed by atoms with van der Waals surface area (Å²) < 4.78 is 0. The van der Waals surface area contributed by atoms with Crippen molar-refractivity contribution in [2.24, 2.45) is 0 Å². The van der Waals surface area contributed by atoms with Crippen molar-refractivity contribution in [1.29, 1.82) is 0 Å². The third kappa shape index (κ3) is 3.10. The summed E-state index contributed by atoms with van der Waals surface area (Å²) in [7, 11) is 0. The van der Waals surface area contributed by atoms with Gasteiger partial charge in [-0.15, -0.1) is 0 Å². The number of fused-ring (bicyclic) bond motifs is 1. The molecule has 7 heteroatoms. The lowest BCUT2D eigenvalue weighted by molar-refractivity contribution is 0.0730. The Morgan fingerprint density at radius 3 is 2.77 bits per heavy atom. The number of hydrogen-bond acceptors (Lipinski definition) is 3. The van der Waals surface area contributed by atoms with E-state index < -0.39 is 0 Å². The van der Waals surface area contributed by atoms with Crippen LogP contribution in [0.25, 0.3) is 11.0 Å². The van der Waals surface area contributed by atoms with Crippen molar-refractivity contribution in [2.75, 3.05) is 24.5 Å². The van der Waals surface area contributed by atoms with E-state index in [0.29, 0.717) is 18.7 Å². The van der Waals surface area contributed by atoms with Crippen LogP contribution in [0.2, 0.25) is 0 Å². The molecule has 2 aliphatic heterocycles. The van der Waals surface area contributed by atoms with Gasteiger partial charge in [-0.1, -0.05) is 6.07 Å². The first-order chi connectivity index (χ1) is 14.5. The van der Waals surface area contributed by atoms with Gasteiger partial charge in [-0.25, -0.2) is 9.78 Å². The second-order valence-electron chi connectivity index (χ2n) is 8.18. The molecule has 2 N–H and O–H groups in total. The summed E-state index contributed by atoms with van der Waals surface area (Å²) in [5.74, 6) is 0.859. The highest BCUT2D eigenvalue weighted by Gasteiger charge is 2.33. The van der Waals surface area contributed by atoms with Crippen LogP contribution in [-0.2, 0) is 0 Å². The second-order valence-corrected chi connectivity index (χ2v) is 8.18. The lowest BCUT2D eigenvalue weighted by Gasteiger charge is -2.24. The van der Waals surface area contributed by atoms with Crippen molar-refractivity contribution in [2.45, 2.75) is 32.7 Å². The third-order valence-electron chi connectivity index (χ3n) is 6.08. The smallest absolute Gasteiger partial charge is 0.322 e. The maximum absolute atomic E-state index is 13.3. The standard InChI is InChI=1S/C23H25N5O2/c1-14-5-7-17-18(12-14)26-21(25-17)20-4-3-10-27(20)22(29)16-6-8-19(15(2)13-16)28-11-9-24-23(28)30/h5-8,12-13,20H,3-4,9-11H2,1-2H3,(H,24,30)(H,25,26). The minimum absolute atomic E-state index is 0.00894. The molecule has 0 radical (unpaired) electrons. The average Bonchev–Trinajstić information content (AvgIpc) is 3.46. The Bertz CT molecular complexity index is 1150. The zero-order valence-corrected chi connectivity index (χ0v) is 17.2. The van der Waals surface area contributed by atoms with Crippen LogP contribution in [0.1, 0.15) is 46.2 Å². The predicted molar refractivity (Wildman–Crippen MR) is 116 cm³/mol. The van der Waals surface area contributed by atoms with Gasteiger partial charge in [0.25, 0.3) is 5.91 Å². The number of imidazole rings is 1. The number of benzene rings is 2. The number of carbonyl (C=O) groups excluding carboxylic acids is 2. The van der Waals surface area contributed by atoms with Crippen LogP contribution in [0.5, 0.6) is 0 Å². The Morgan fingerprint density at radius 2 is 2.00 bits per heavy atom. The first-order valence-corrected chi connectivity index (χ1v) is 10.4. The summed E-state index contributed by atoms with van der Waals surface area (Å²) in [4.78, 5) is 37.1. The molecule has 0 bridgehead atoms. The number of nitrogens with zero attached hydrogens (tertiary/aromatic N) is 3. The summed E-state index contributed by atoms with van der Waals surface area (Å²) in [6, 6.07) is 11.6. The Hall–Kier alpha value is -3.35. The number of likely N-dealkylation sites (tertiary alicyclic amines) is 1. The van der Waals surface area contributed by atoms with E-state index in [1.807, 2.05) is 36.1 Å². The van der Waals surface area contributed by atoms with Crippen LogP contribution < -0.4 is 10.2 Å². The molecule has 30 heavy (non-hydrogen) atoms. The molecule has 3 heterocycles. The number of aryl methyl sites for hydroxylation is 2. The molecule has 1 atom stereocenters. The molecule has 5 rings (SSSR count). The Balaban J connectivity index is 1.42. The predicted octanol–water partition coefficient (Wildman–Crippen LogP) is 3.69. The van der Waals surface area contributed by atoms with Crippen LogP contribution >= 0.6 is 0 Å². The van der Waals surface area contributed by atoms with Crippen molar-refractivity contribution >= 4 is 28.7 Å². The van der Waals surface area contributed by atoms with Crippen LogP contribution in [0.4, 0.5) is 10.5 Å². The Labute approximate surface area is 175 Å².